The highest BCUT2D eigenvalue weighted by atomic mass is 35.5. The lowest BCUT2D eigenvalue weighted by Gasteiger charge is -1.97. The van der Waals surface area contributed by atoms with Crippen molar-refractivity contribution in [3.63, 3.8) is 0 Å². The lowest BCUT2D eigenvalue weighted by molar-refractivity contribution is -0.654. The maximum atomic E-state index is 4.77. The van der Waals surface area contributed by atoms with Crippen molar-refractivity contribution in [1.29, 1.82) is 0 Å². The second-order valence-corrected chi connectivity index (χ2v) is 7.24. The van der Waals surface area contributed by atoms with E-state index in [0.717, 1.165) is 21.5 Å². The van der Waals surface area contributed by atoms with Crippen molar-refractivity contribution in [3.05, 3.63) is 101 Å². The SMILES string of the molecule is Cc1ccc(/C=C/c2sc(Nc3ccccc3)n[n+]2-c2ccccc2)cc1.[Cl-]. The molecule has 0 aliphatic carbocycles. The summed E-state index contributed by atoms with van der Waals surface area (Å²) in [5, 5.41) is 10.1. The molecular formula is C23H20ClN3S. The number of nitrogens with zero attached hydrogens (tertiary/aromatic N) is 2. The van der Waals surface area contributed by atoms with Crippen LogP contribution in [0, 0.1) is 6.92 Å². The van der Waals surface area contributed by atoms with E-state index < -0.39 is 0 Å². The molecule has 0 saturated carbocycles. The zero-order chi connectivity index (χ0) is 18.5. The van der Waals surface area contributed by atoms with E-state index in [4.69, 9.17) is 5.10 Å². The van der Waals surface area contributed by atoms with Gasteiger partial charge < -0.3 is 17.7 Å². The van der Waals surface area contributed by atoms with Gasteiger partial charge in [-0.1, -0.05) is 66.2 Å². The van der Waals surface area contributed by atoms with Crippen LogP contribution >= 0.6 is 11.3 Å². The number of aromatic nitrogens is 2. The van der Waals surface area contributed by atoms with Gasteiger partial charge in [0.05, 0.1) is 0 Å². The van der Waals surface area contributed by atoms with Crippen LogP contribution in [0.4, 0.5) is 10.8 Å². The minimum absolute atomic E-state index is 0. The first kappa shape index (κ1) is 19.8. The molecule has 0 bridgehead atoms. The summed E-state index contributed by atoms with van der Waals surface area (Å²) in [7, 11) is 0. The van der Waals surface area contributed by atoms with Crippen molar-refractivity contribution in [2.24, 2.45) is 0 Å². The maximum Gasteiger partial charge on any atom is 0.297 e. The summed E-state index contributed by atoms with van der Waals surface area (Å²) in [4.78, 5) is 0. The fraction of sp³-hybridized carbons (Fsp3) is 0.0435. The molecule has 4 aromatic rings. The zero-order valence-corrected chi connectivity index (χ0v) is 17.0. The fourth-order valence-electron chi connectivity index (χ4n) is 2.70. The topological polar surface area (TPSA) is 28.8 Å². The lowest BCUT2D eigenvalue weighted by atomic mass is 10.1. The summed E-state index contributed by atoms with van der Waals surface area (Å²) in [6.07, 6.45) is 4.24. The van der Waals surface area contributed by atoms with Gasteiger partial charge >= 0.3 is 0 Å². The Kier molecular flexibility index (Phi) is 6.58. The number of rotatable bonds is 5. The first-order chi connectivity index (χ1) is 13.3. The predicted octanol–water partition coefficient (Wildman–Crippen LogP) is 2.65. The highest BCUT2D eigenvalue weighted by molar-refractivity contribution is 7.15. The second kappa shape index (κ2) is 9.31. The van der Waals surface area contributed by atoms with Crippen LogP contribution in [-0.2, 0) is 0 Å². The van der Waals surface area contributed by atoms with Gasteiger partial charge in [0.15, 0.2) is 0 Å². The van der Waals surface area contributed by atoms with Gasteiger partial charge in [-0.25, -0.2) is 0 Å². The monoisotopic (exact) mass is 405 g/mol. The largest absolute Gasteiger partial charge is 1.00 e. The Balaban J connectivity index is 0.00000225. The first-order valence-corrected chi connectivity index (χ1v) is 9.65. The average Bonchev–Trinajstić information content (AvgIpc) is 3.12. The van der Waals surface area contributed by atoms with Crippen molar-refractivity contribution in [2.45, 2.75) is 6.92 Å². The molecule has 0 amide bonds. The van der Waals surface area contributed by atoms with Crippen molar-refractivity contribution in [2.75, 3.05) is 5.32 Å². The molecule has 0 spiro atoms. The number of benzene rings is 3. The standard InChI is InChI=1S/C23H20N3S.ClH/c1-18-12-14-19(15-13-18)16-17-22-26(21-10-6-3-7-11-21)25-23(27-22)24-20-8-4-2-5-9-20;/h2-17H,1H3,(H,24,25);1H/q+1;/p-1/b17-16+;. The zero-order valence-electron chi connectivity index (χ0n) is 15.4. The van der Waals surface area contributed by atoms with Gasteiger partial charge in [-0.2, -0.15) is 0 Å². The van der Waals surface area contributed by atoms with Gasteiger partial charge in [0, 0.05) is 29.0 Å². The number of anilines is 2. The highest BCUT2D eigenvalue weighted by Crippen LogP contribution is 2.22. The molecule has 1 N–H and O–H groups in total. The Bertz CT molecular complexity index is 1040. The molecule has 3 aromatic carbocycles. The van der Waals surface area contributed by atoms with Gasteiger partial charge in [-0.05, 0) is 46.7 Å². The predicted molar refractivity (Wildman–Crippen MR) is 113 cm³/mol. The quantitative estimate of drug-likeness (QED) is 0.517. The van der Waals surface area contributed by atoms with Gasteiger partial charge in [0.1, 0.15) is 0 Å². The summed E-state index contributed by atoms with van der Waals surface area (Å²) >= 11 is 1.63. The Morgan fingerprint density at radius 3 is 2.14 bits per heavy atom. The van der Waals surface area contributed by atoms with Crippen LogP contribution in [0.5, 0.6) is 0 Å². The molecule has 5 heteroatoms. The maximum absolute atomic E-state index is 4.77. The Morgan fingerprint density at radius 1 is 0.821 bits per heavy atom. The van der Waals surface area contributed by atoms with Crippen molar-refractivity contribution >= 4 is 34.3 Å². The van der Waals surface area contributed by atoms with Crippen LogP contribution in [0.15, 0.2) is 84.9 Å². The normalized spacial score (nSPS) is 10.6. The van der Waals surface area contributed by atoms with Crippen LogP contribution in [0.2, 0.25) is 0 Å². The number of hydrogen-bond donors (Lipinski definition) is 1. The number of hydrogen-bond acceptors (Lipinski definition) is 3. The highest BCUT2D eigenvalue weighted by Gasteiger charge is 2.20. The molecule has 1 heterocycles. The van der Waals surface area contributed by atoms with Crippen molar-refractivity contribution in [1.82, 2.24) is 5.10 Å². The molecule has 0 atom stereocenters. The smallest absolute Gasteiger partial charge is 0.297 e. The van der Waals surface area contributed by atoms with Gasteiger partial charge in [0.2, 0.25) is 5.69 Å². The van der Waals surface area contributed by atoms with Crippen LogP contribution in [0.25, 0.3) is 17.8 Å². The van der Waals surface area contributed by atoms with Crippen molar-refractivity contribution in [3.8, 4) is 5.69 Å². The minimum atomic E-state index is 0. The third-order valence-electron chi connectivity index (χ3n) is 4.12. The van der Waals surface area contributed by atoms with E-state index in [1.165, 1.54) is 11.1 Å². The molecular weight excluding hydrogens is 386 g/mol. The van der Waals surface area contributed by atoms with Crippen molar-refractivity contribution < 1.29 is 17.1 Å². The average molecular weight is 406 g/mol. The van der Waals surface area contributed by atoms with E-state index in [9.17, 15) is 0 Å². The van der Waals surface area contributed by atoms with E-state index in [0.29, 0.717) is 0 Å². The molecule has 28 heavy (non-hydrogen) atoms. The molecule has 140 valence electrons. The van der Waals surface area contributed by atoms with Gasteiger partial charge in [0.25, 0.3) is 10.1 Å². The van der Waals surface area contributed by atoms with E-state index in [1.54, 1.807) is 11.3 Å². The Labute approximate surface area is 175 Å². The minimum Gasteiger partial charge on any atom is -1.00 e. The van der Waals surface area contributed by atoms with E-state index in [1.807, 2.05) is 53.2 Å². The van der Waals surface area contributed by atoms with Crippen LogP contribution in [0.1, 0.15) is 16.1 Å². The summed E-state index contributed by atoms with van der Waals surface area (Å²) in [6.45, 7) is 2.10. The van der Waals surface area contributed by atoms with Crippen LogP contribution < -0.4 is 22.4 Å². The number of halogens is 1. The summed E-state index contributed by atoms with van der Waals surface area (Å²) in [5.41, 5.74) is 4.50. The molecule has 1 aromatic heterocycles. The van der Waals surface area contributed by atoms with Crippen LogP contribution in [0.3, 0.4) is 0 Å². The first-order valence-electron chi connectivity index (χ1n) is 8.83. The molecule has 0 aliphatic rings. The number of nitrogens with one attached hydrogen (secondary N) is 1. The molecule has 0 saturated heterocycles. The molecule has 3 nitrogen and oxygen atoms in total. The summed E-state index contributed by atoms with van der Waals surface area (Å²) in [5.74, 6) is 0. The lowest BCUT2D eigenvalue weighted by Crippen LogP contribution is -3.00. The molecule has 4 rings (SSSR count). The Morgan fingerprint density at radius 2 is 1.46 bits per heavy atom. The second-order valence-electron chi connectivity index (χ2n) is 6.23. The summed E-state index contributed by atoms with van der Waals surface area (Å²) < 4.78 is 1.97. The molecule has 0 radical (unpaired) electrons. The fourth-order valence-corrected chi connectivity index (χ4v) is 3.56. The van der Waals surface area contributed by atoms with Crippen LogP contribution in [-0.4, -0.2) is 5.10 Å². The third-order valence-corrected chi connectivity index (χ3v) is 5.02. The number of para-hydroxylation sites is 2. The van der Waals surface area contributed by atoms with E-state index in [-0.39, 0.29) is 12.4 Å². The third kappa shape index (κ3) is 4.85. The van der Waals surface area contributed by atoms with Gasteiger partial charge in [-0.15, -0.1) is 0 Å². The molecule has 0 aliphatic heterocycles. The Hall–Kier alpha value is -2.95. The number of aryl methyl sites for hydroxylation is 1. The summed E-state index contributed by atoms with van der Waals surface area (Å²) in [6, 6.07) is 28.8. The molecule has 0 fully saturated rings. The molecule has 0 unspecified atom stereocenters. The van der Waals surface area contributed by atoms with E-state index in [2.05, 4.69) is 60.8 Å². The van der Waals surface area contributed by atoms with E-state index >= 15 is 0 Å². The van der Waals surface area contributed by atoms with Gasteiger partial charge in [-0.3, -0.25) is 0 Å².